The molecule has 2 aromatic carbocycles. The number of nitrogens with zero attached hydrogens (tertiary/aromatic N) is 1. The number of carbonyl (C=O) groups excluding carboxylic acids is 1. The number of para-hydroxylation sites is 1. The topological polar surface area (TPSA) is 48.4 Å². The van der Waals surface area contributed by atoms with E-state index in [1.807, 2.05) is 60.7 Å². The number of methoxy groups -OCH3 is 1. The quantitative estimate of drug-likeness (QED) is 0.527. The normalized spacial score (nSPS) is 10.9. The lowest BCUT2D eigenvalue weighted by Gasteiger charge is -2.09. The average molecular weight is 319 g/mol. The molecule has 24 heavy (non-hydrogen) atoms. The highest BCUT2D eigenvalue weighted by Gasteiger charge is 2.05. The molecule has 0 saturated heterocycles. The van der Waals surface area contributed by atoms with Gasteiger partial charge in [-0.25, -0.2) is 9.78 Å². The van der Waals surface area contributed by atoms with Crippen LogP contribution in [0.3, 0.4) is 0 Å². The van der Waals surface area contributed by atoms with Gasteiger partial charge in [-0.15, -0.1) is 0 Å². The Hall–Kier alpha value is -3.14. The van der Waals surface area contributed by atoms with Crippen LogP contribution in [0.5, 0.6) is 5.75 Å². The summed E-state index contributed by atoms with van der Waals surface area (Å²) in [7, 11) is 1.34. The van der Waals surface area contributed by atoms with Crippen LogP contribution in [0.15, 0.2) is 66.7 Å². The van der Waals surface area contributed by atoms with Crippen LogP contribution in [-0.4, -0.2) is 18.1 Å². The standard InChI is InChI=1S/C20H17NO3/c1-23-19(22)13-12-17-11-10-16-8-5-9-18(20(16)21-17)24-14-15-6-3-2-4-7-15/h2-13H,14H2,1H3. The van der Waals surface area contributed by atoms with Crippen molar-refractivity contribution in [1.29, 1.82) is 0 Å². The summed E-state index contributed by atoms with van der Waals surface area (Å²) in [5.41, 5.74) is 2.53. The molecular weight excluding hydrogens is 302 g/mol. The molecule has 0 fully saturated rings. The highest BCUT2D eigenvalue weighted by atomic mass is 16.5. The summed E-state index contributed by atoms with van der Waals surface area (Å²) in [6.07, 6.45) is 2.97. The Bertz CT molecular complexity index is 872. The first kappa shape index (κ1) is 15.7. The molecule has 0 N–H and O–H groups in total. The molecule has 0 amide bonds. The van der Waals surface area contributed by atoms with Crippen LogP contribution < -0.4 is 4.74 Å². The number of esters is 1. The largest absolute Gasteiger partial charge is 0.487 e. The van der Waals surface area contributed by atoms with Crippen molar-refractivity contribution in [2.45, 2.75) is 6.61 Å². The first-order chi connectivity index (χ1) is 11.8. The Morgan fingerprint density at radius 2 is 1.88 bits per heavy atom. The van der Waals surface area contributed by atoms with Crippen molar-refractivity contribution in [2.24, 2.45) is 0 Å². The second-order valence-electron chi connectivity index (χ2n) is 5.19. The van der Waals surface area contributed by atoms with Gasteiger partial charge in [0.2, 0.25) is 0 Å². The summed E-state index contributed by atoms with van der Waals surface area (Å²) in [6, 6.07) is 19.6. The zero-order valence-corrected chi connectivity index (χ0v) is 13.3. The number of rotatable bonds is 5. The molecule has 0 spiro atoms. The van der Waals surface area contributed by atoms with E-state index in [4.69, 9.17) is 4.74 Å². The number of benzene rings is 2. The Balaban J connectivity index is 1.87. The number of aromatic nitrogens is 1. The molecule has 0 aliphatic rings. The van der Waals surface area contributed by atoms with Crippen molar-refractivity contribution in [1.82, 2.24) is 4.98 Å². The molecule has 0 atom stereocenters. The fourth-order valence-electron chi connectivity index (χ4n) is 2.30. The molecule has 0 aliphatic carbocycles. The molecule has 3 rings (SSSR count). The van der Waals surface area contributed by atoms with Gasteiger partial charge in [-0.2, -0.15) is 0 Å². The van der Waals surface area contributed by atoms with Crippen molar-refractivity contribution in [3.8, 4) is 5.75 Å². The number of hydrogen-bond donors (Lipinski definition) is 0. The van der Waals surface area contributed by atoms with Crippen molar-refractivity contribution < 1.29 is 14.3 Å². The number of fused-ring (bicyclic) bond motifs is 1. The summed E-state index contributed by atoms with van der Waals surface area (Å²) >= 11 is 0. The van der Waals surface area contributed by atoms with E-state index in [0.717, 1.165) is 16.5 Å². The third kappa shape index (κ3) is 3.79. The molecular formula is C20H17NO3. The van der Waals surface area contributed by atoms with Crippen LogP contribution in [0.4, 0.5) is 0 Å². The Morgan fingerprint density at radius 1 is 1.04 bits per heavy atom. The van der Waals surface area contributed by atoms with Crippen LogP contribution in [-0.2, 0) is 16.1 Å². The molecule has 0 unspecified atom stereocenters. The SMILES string of the molecule is COC(=O)C=Cc1ccc2cccc(OCc3ccccc3)c2n1. The summed E-state index contributed by atoms with van der Waals surface area (Å²) < 4.78 is 10.5. The zero-order valence-electron chi connectivity index (χ0n) is 13.3. The summed E-state index contributed by atoms with van der Waals surface area (Å²) in [5, 5.41) is 0.982. The number of carbonyl (C=O) groups is 1. The van der Waals surface area contributed by atoms with E-state index in [2.05, 4.69) is 9.72 Å². The van der Waals surface area contributed by atoms with E-state index in [-0.39, 0.29) is 0 Å². The summed E-state index contributed by atoms with van der Waals surface area (Å²) in [6.45, 7) is 0.476. The first-order valence-electron chi connectivity index (χ1n) is 7.59. The minimum atomic E-state index is -0.412. The van der Waals surface area contributed by atoms with E-state index < -0.39 is 5.97 Å². The fourth-order valence-corrected chi connectivity index (χ4v) is 2.30. The number of hydrogen-bond acceptors (Lipinski definition) is 4. The van der Waals surface area contributed by atoms with Gasteiger partial charge in [0.1, 0.15) is 17.9 Å². The van der Waals surface area contributed by atoms with Gasteiger partial charge < -0.3 is 9.47 Å². The number of ether oxygens (including phenoxy) is 2. The first-order valence-corrected chi connectivity index (χ1v) is 7.59. The lowest BCUT2D eigenvalue weighted by atomic mass is 10.2. The molecule has 0 radical (unpaired) electrons. The van der Waals surface area contributed by atoms with Crippen molar-refractivity contribution in [3.63, 3.8) is 0 Å². The summed E-state index contributed by atoms with van der Waals surface area (Å²) in [5.74, 6) is 0.301. The Kier molecular flexibility index (Phi) is 4.87. The third-order valence-electron chi connectivity index (χ3n) is 3.53. The van der Waals surface area contributed by atoms with Crippen LogP contribution in [0.1, 0.15) is 11.3 Å². The number of pyridine rings is 1. The lowest BCUT2D eigenvalue weighted by molar-refractivity contribution is -0.134. The van der Waals surface area contributed by atoms with E-state index in [1.165, 1.54) is 13.2 Å². The van der Waals surface area contributed by atoms with Gasteiger partial charge in [0.05, 0.1) is 12.8 Å². The highest BCUT2D eigenvalue weighted by Crippen LogP contribution is 2.25. The Labute approximate surface area is 140 Å². The van der Waals surface area contributed by atoms with Crippen LogP contribution >= 0.6 is 0 Å². The third-order valence-corrected chi connectivity index (χ3v) is 3.53. The van der Waals surface area contributed by atoms with E-state index in [0.29, 0.717) is 18.1 Å². The minimum Gasteiger partial charge on any atom is -0.487 e. The molecule has 3 aromatic rings. The Morgan fingerprint density at radius 3 is 2.67 bits per heavy atom. The smallest absolute Gasteiger partial charge is 0.330 e. The molecule has 4 nitrogen and oxygen atoms in total. The van der Waals surface area contributed by atoms with Crippen LogP contribution in [0.25, 0.3) is 17.0 Å². The van der Waals surface area contributed by atoms with Gasteiger partial charge in [0.15, 0.2) is 0 Å². The monoisotopic (exact) mass is 319 g/mol. The zero-order chi connectivity index (χ0) is 16.8. The molecule has 1 heterocycles. The fraction of sp³-hybridized carbons (Fsp3) is 0.100. The van der Waals surface area contributed by atoms with Crippen molar-refractivity contribution in [2.75, 3.05) is 7.11 Å². The average Bonchev–Trinajstić information content (AvgIpc) is 2.65. The maximum atomic E-state index is 11.2. The van der Waals surface area contributed by atoms with Gasteiger partial charge >= 0.3 is 5.97 Å². The van der Waals surface area contributed by atoms with Gasteiger partial charge in [-0.3, -0.25) is 0 Å². The highest BCUT2D eigenvalue weighted by molar-refractivity contribution is 5.88. The van der Waals surface area contributed by atoms with Crippen LogP contribution in [0, 0.1) is 0 Å². The predicted molar refractivity (Wildman–Crippen MR) is 93.6 cm³/mol. The maximum absolute atomic E-state index is 11.2. The molecule has 0 bridgehead atoms. The van der Waals surface area contributed by atoms with Gasteiger partial charge in [0.25, 0.3) is 0 Å². The molecule has 4 heteroatoms. The molecule has 1 aromatic heterocycles. The van der Waals surface area contributed by atoms with Gasteiger partial charge in [-0.1, -0.05) is 48.5 Å². The molecule has 0 saturated carbocycles. The van der Waals surface area contributed by atoms with Gasteiger partial charge in [-0.05, 0) is 23.8 Å². The second-order valence-corrected chi connectivity index (χ2v) is 5.19. The van der Waals surface area contributed by atoms with E-state index in [9.17, 15) is 4.79 Å². The van der Waals surface area contributed by atoms with E-state index in [1.54, 1.807) is 6.08 Å². The molecule has 0 aliphatic heterocycles. The summed E-state index contributed by atoms with van der Waals surface area (Å²) in [4.78, 5) is 15.8. The predicted octanol–water partition coefficient (Wildman–Crippen LogP) is 4.00. The maximum Gasteiger partial charge on any atom is 0.330 e. The lowest BCUT2D eigenvalue weighted by Crippen LogP contribution is -1.97. The van der Waals surface area contributed by atoms with Crippen molar-refractivity contribution in [3.05, 3.63) is 78.0 Å². The van der Waals surface area contributed by atoms with Crippen molar-refractivity contribution >= 4 is 22.9 Å². The van der Waals surface area contributed by atoms with E-state index >= 15 is 0 Å². The van der Waals surface area contributed by atoms with Gasteiger partial charge in [0, 0.05) is 11.5 Å². The molecule has 120 valence electrons. The van der Waals surface area contributed by atoms with Crippen LogP contribution in [0.2, 0.25) is 0 Å². The minimum absolute atomic E-state index is 0.412. The second kappa shape index (κ2) is 7.42.